The number of nitrogens with zero attached hydrogens (tertiary/aromatic N) is 2. The van der Waals surface area contributed by atoms with Crippen molar-refractivity contribution in [2.24, 2.45) is 0 Å². The highest BCUT2D eigenvalue weighted by Crippen LogP contribution is 2.26. The Bertz CT molecular complexity index is 645. The Morgan fingerprint density at radius 1 is 1.41 bits per heavy atom. The Morgan fingerprint density at radius 2 is 2.23 bits per heavy atom. The van der Waals surface area contributed by atoms with Gasteiger partial charge in [0.15, 0.2) is 0 Å². The largest absolute Gasteiger partial charge is 0.335 e. The van der Waals surface area contributed by atoms with Crippen molar-refractivity contribution in [1.82, 2.24) is 15.2 Å². The normalized spacial score (nSPS) is 11.5. The number of urea groups is 1. The number of pyridine rings is 1. The van der Waals surface area contributed by atoms with Crippen LogP contribution >= 0.6 is 0 Å². The number of carbonyl (C=O) groups excluding carboxylic acids is 1. The number of amides is 2. The maximum absolute atomic E-state index is 13.6. The van der Waals surface area contributed by atoms with Crippen molar-refractivity contribution in [3.05, 3.63) is 78.4 Å². The third-order valence-corrected chi connectivity index (χ3v) is 3.24. The summed E-state index contributed by atoms with van der Waals surface area (Å²) in [6.45, 7) is 3.93. The molecule has 1 heterocycles. The van der Waals surface area contributed by atoms with Gasteiger partial charge in [0.1, 0.15) is 11.9 Å². The second kappa shape index (κ2) is 7.36. The number of carbonyl (C=O) groups is 1. The second-order valence-electron chi connectivity index (χ2n) is 4.80. The molecule has 2 amide bonds. The lowest BCUT2D eigenvalue weighted by Crippen LogP contribution is -2.40. The van der Waals surface area contributed by atoms with Crippen LogP contribution in [0.5, 0.6) is 0 Å². The summed E-state index contributed by atoms with van der Waals surface area (Å²) in [7, 11) is 1.66. The molecule has 1 aromatic carbocycles. The monoisotopic (exact) mass is 299 g/mol. The number of halogens is 1. The van der Waals surface area contributed by atoms with Gasteiger partial charge < -0.3 is 10.2 Å². The number of rotatable bonds is 5. The molecule has 0 aliphatic heterocycles. The Kier molecular flexibility index (Phi) is 5.25. The van der Waals surface area contributed by atoms with E-state index in [1.54, 1.807) is 37.5 Å². The van der Waals surface area contributed by atoms with E-state index in [-0.39, 0.29) is 11.8 Å². The zero-order valence-corrected chi connectivity index (χ0v) is 12.4. The summed E-state index contributed by atoms with van der Waals surface area (Å²) in [6, 6.07) is 10.9. The molecule has 4 nitrogen and oxygen atoms in total. The van der Waals surface area contributed by atoms with Crippen molar-refractivity contribution < 1.29 is 9.18 Å². The number of hydrogen-bond donors (Lipinski definition) is 1. The van der Waals surface area contributed by atoms with E-state index in [0.29, 0.717) is 17.8 Å². The first-order valence-electron chi connectivity index (χ1n) is 6.91. The highest BCUT2D eigenvalue weighted by atomic mass is 19.1. The van der Waals surface area contributed by atoms with Crippen molar-refractivity contribution in [2.75, 3.05) is 13.6 Å². The minimum Gasteiger partial charge on any atom is -0.335 e. The zero-order valence-electron chi connectivity index (χ0n) is 12.4. The SMILES string of the molecule is C=CCNC(=O)N(C)C(c1cccc(F)c1)c1ccccn1. The van der Waals surface area contributed by atoms with E-state index < -0.39 is 6.04 Å². The molecule has 0 saturated heterocycles. The maximum Gasteiger partial charge on any atom is 0.318 e. The molecule has 1 aromatic heterocycles. The summed E-state index contributed by atoms with van der Waals surface area (Å²) in [5, 5.41) is 2.71. The van der Waals surface area contributed by atoms with Crippen LogP contribution < -0.4 is 5.32 Å². The van der Waals surface area contributed by atoms with Gasteiger partial charge >= 0.3 is 6.03 Å². The Labute approximate surface area is 129 Å². The van der Waals surface area contributed by atoms with E-state index in [4.69, 9.17) is 0 Å². The van der Waals surface area contributed by atoms with Crippen LogP contribution in [0.15, 0.2) is 61.3 Å². The fourth-order valence-corrected chi connectivity index (χ4v) is 2.21. The lowest BCUT2D eigenvalue weighted by atomic mass is 10.0. The minimum atomic E-state index is -0.471. The van der Waals surface area contributed by atoms with Gasteiger partial charge in [0.2, 0.25) is 0 Å². The Balaban J connectivity index is 2.38. The fraction of sp³-hybridized carbons (Fsp3) is 0.176. The van der Waals surface area contributed by atoms with Crippen molar-refractivity contribution in [1.29, 1.82) is 0 Å². The van der Waals surface area contributed by atoms with Crippen LogP contribution in [0.1, 0.15) is 17.3 Å². The van der Waals surface area contributed by atoms with E-state index in [2.05, 4.69) is 16.9 Å². The third-order valence-electron chi connectivity index (χ3n) is 3.24. The second-order valence-corrected chi connectivity index (χ2v) is 4.80. The Hall–Kier alpha value is -2.69. The summed E-state index contributed by atoms with van der Waals surface area (Å²) in [6.07, 6.45) is 3.25. The first kappa shape index (κ1) is 15.7. The van der Waals surface area contributed by atoms with E-state index in [0.717, 1.165) is 0 Å². The van der Waals surface area contributed by atoms with Crippen LogP contribution in [0.3, 0.4) is 0 Å². The van der Waals surface area contributed by atoms with Gasteiger partial charge in [0.05, 0.1) is 5.69 Å². The summed E-state index contributed by atoms with van der Waals surface area (Å²) >= 11 is 0. The van der Waals surface area contributed by atoms with Gasteiger partial charge in [-0.3, -0.25) is 4.98 Å². The van der Waals surface area contributed by atoms with E-state index in [1.165, 1.54) is 17.0 Å². The predicted octanol–water partition coefficient (Wildman–Crippen LogP) is 3.14. The fourth-order valence-electron chi connectivity index (χ4n) is 2.21. The molecule has 1 unspecified atom stereocenters. The first-order chi connectivity index (χ1) is 10.6. The number of nitrogens with one attached hydrogen (secondary N) is 1. The van der Waals surface area contributed by atoms with Crippen LogP contribution in [-0.2, 0) is 0 Å². The lowest BCUT2D eigenvalue weighted by Gasteiger charge is -2.28. The molecule has 1 atom stereocenters. The lowest BCUT2D eigenvalue weighted by molar-refractivity contribution is 0.198. The van der Waals surface area contributed by atoms with Gasteiger partial charge in [-0.1, -0.05) is 24.3 Å². The van der Waals surface area contributed by atoms with Crippen molar-refractivity contribution in [2.45, 2.75) is 6.04 Å². The summed E-state index contributed by atoms with van der Waals surface area (Å²) < 4.78 is 13.6. The van der Waals surface area contributed by atoms with E-state index >= 15 is 0 Å². The van der Waals surface area contributed by atoms with Crippen molar-refractivity contribution >= 4 is 6.03 Å². The quantitative estimate of drug-likeness (QED) is 0.862. The van der Waals surface area contributed by atoms with E-state index in [1.807, 2.05) is 12.1 Å². The topological polar surface area (TPSA) is 45.2 Å². The number of aromatic nitrogens is 1. The maximum atomic E-state index is 13.6. The Morgan fingerprint density at radius 3 is 2.86 bits per heavy atom. The van der Waals surface area contributed by atoms with Crippen LogP contribution in [-0.4, -0.2) is 29.5 Å². The van der Waals surface area contributed by atoms with Gasteiger partial charge in [-0.25, -0.2) is 9.18 Å². The standard InChI is InChI=1S/C17H18FN3O/c1-3-10-20-17(22)21(2)16(15-9-4-5-11-19-15)13-7-6-8-14(18)12-13/h3-9,11-12,16H,1,10H2,2H3,(H,20,22). The number of benzene rings is 1. The van der Waals surface area contributed by atoms with Gasteiger partial charge in [0.25, 0.3) is 0 Å². The minimum absolute atomic E-state index is 0.278. The van der Waals surface area contributed by atoms with Crippen LogP contribution in [0, 0.1) is 5.82 Å². The molecule has 0 bridgehead atoms. The van der Waals surface area contributed by atoms with Gasteiger partial charge in [0, 0.05) is 19.8 Å². The molecule has 0 aliphatic carbocycles. The van der Waals surface area contributed by atoms with Crippen LogP contribution in [0.2, 0.25) is 0 Å². The molecule has 5 heteroatoms. The molecule has 0 radical (unpaired) electrons. The average molecular weight is 299 g/mol. The molecule has 2 aromatic rings. The molecule has 0 saturated carbocycles. The molecule has 0 fully saturated rings. The number of hydrogen-bond acceptors (Lipinski definition) is 2. The average Bonchev–Trinajstić information content (AvgIpc) is 2.54. The molecule has 114 valence electrons. The molecule has 2 rings (SSSR count). The first-order valence-corrected chi connectivity index (χ1v) is 6.91. The molecular formula is C17H18FN3O. The summed E-state index contributed by atoms with van der Waals surface area (Å²) in [5.41, 5.74) is 1.33. The van der Waals surface area contributed by atoms with Crippen molar-refractivity contribution in [3.63, 3.8) is 0 Å². The molecule has 0 spiro atoms. The summed E-state index contributed by atoms with van der Waals surface area (Å²) in [4.78, 5) is 18.0. The van der Waals surface area contributed by atoms with Crippen LogP contribution in [0.25, 0.3) is 0 Å². The molecular weight excluding hydrogens is 281 g/mol. The van der Waals surface area contributed by atoms with E-state index in [9.17, 15) is 9.18 Å². The predicted molar refractivity (Wildman–Crippen MR) is 83.8 cm³/mol. The van der Waals surface area contributed by atoms with Gasteiger partial charge in [-0.15, -0.1) is 6.58 Å². The zero-order chi connectivity index (χ0) is 15.9. The van der Waals surface area contributed by atoms with Gasteiger partial charge in [-0.2, -0.15) is 0 Å². The highest BCUT2D eigenvalue weighted by Gasteiger charge is 2.24. The highest BCUT2D eigenvalue weighted by molar-refractivity contribution is 5.75. The van der Waals surface area contributed by atoms with Crippen molar-refractivity contribution in [3.8, 4) is 0 Å². The summed E-state index contributed by atoms with van der Waals surface area (Å²) in [5.74, 6) is -0.349. The van der Waals surface area contributed by atoms with Gasteiger partial charge in [-0.05, 0) is 29.8 Å². The third kappa shape index (κ3) is 3.69. The molecule has 1 N–H and O–H groups in total. The smallest absolute Gasteiger partial charge is 0.318 e. The molecule has 0 aliphatic rings. The van der Waals surface area contributed by atoms with Crippen LogP contribution in [0.4, 0.5) is 9.18 Å². The molecule has 22 heavy (non-hydrogen) atoms.